The summed E-state index contributed by atoms with van der Waals surface area (Å²) in [5.41, 5.74) is 0. The van der Waals surface area contributed by atoms with Crippen LogP contribution >= 0.6 is 15.9 Å². The molecule has 4 heteroatoms. The second-order valence-electron chi connectivity index (χ2n) is 4.74. The lowest BCUT2D eigenvalue weighted by atomic mass is 10.3. The molecule has 0 spiro atoms. The summed E-state index contributed by atoms with van der Waals surface area (Å²) in [5.74, 6) is 2.49. The summed E-state index contributed by atoms with van der Waals surface area (Å²) >= 11 is 3.43. The van der Waals surface area contributed by atoms with Crippen LogP contribution in [0, 0.1) is 0 Å². The minimum Gasteiger partial charge on any atom is -0.494 e. The van der Waals surface area contributed by atoms with Gasteiger partial charge in [-0.05, 0) is 50.1 Å². The maximum Gasteiger partial charge on any atom is 0.161 e. The van der Waals surface area contributed by atoms with Crippen LogP contribution in [0.5, 0.6) is 17.2 Å². The van der Waals surface area contributed by atoms with Gasteiger partial charge in [0.25, 0.3) is 0 Å². The summed E-state index contributed by atoms with van der Waals surface area (Å²) in [6, 6.07) is 15.6. The predicted molar refractivity (Wildman–Crippen MR) is 92.0 cm³/mol. The largest absolute Gasteiger partial charge is 0.494 e. The molecule has 0 fully saturated rings. The van der Waals surface area contributed by atoms with Crippen molar-refractivity contribution in [3.63, 3.8) is 0 Å². The van der Waals surface area contributed by atoms with E-state index in [9.17, 15) is 0 Å². The second kappa shape index (κ2) is 9.36. The Hall–Kier alpha value is -1.68. The molecule has 0 radical (unpaired) electrons. The van der Waals surface area contributed by atoms with Gasteiger partial charge in [-0.25, -0.2) is 0 Å². The molecule has 0 aliphatic rings. The van der Waals surface area contributed by atoms with Crippen LogP contribution in [0.2, 0.25) is 0 Å². The molecule has 0 saturated carbocycles. The van der Waals surface area contributed by atoms with Crippen molar-refractivity contribution >= 4 is 15.9 Å². The van der Waals surface area contributed by atoms with Crippen molar-refractivity contribution in [3.8, 4) is 17.2 Å². The number of hydrogen-bond donors (Lipinski definition) is 0. The molecule has 22 heavy (non-hydrogen) atoms. The molecular formula is C18H21BrO3. The monoisotopic (exact) mass is 364 g/mol. The first-order chi connectivity index (χ1) is 10.8. The fourth-order valence-corrected chi connectivity index (χ4v) is 2.36. The SMILES string of the molecule is CCOc1ccccc1OCCCCOc1cccc(Br)c1. The molecule has 3 nitrogen and oxygen atoms in total. The fourth-order valence-electron chi connectivity index (χ4n) is 1.98. The van der Waals surface area contributed by atoms with Crippen molar-refractivity contribution in [3.05, 3.63) is 53.0 Å². The highest BCUT2D eigenvalue weighted by Crippen LogP contribution is 2.26. The van der Waals surface area contributed by atoms with Crippen molar-refractivity contribution in [1.29, 1.82) is 0 Å². The lowest BCUT2D eigenvalue weighted by molar-refractivity contribution is 0.252. The first-order valence-electron chi connectivity index (χ1n) is 7.52. The van der Waals surface area contributed by atoms with Gasteiger partial charge in [-0.3, -0.25) is 0 Å². The molecular weight excluding hydrogens is 344 g/mol. The van der Waals surface area contributed by atoms with E-state index in [1.54, 1.807) is 0 Å². The molecule has 0 bridgehead atoms. The van der Waals surface area contributed by atoms with Gasteiger partial charge in [0.15, 0.2) is 11.5 Å². The third-order valence-electron chi connectivity index (χ3n) is 3.01. The van der Waals surface area contributed by atoms with E-state index >= 15 is 0 Å². The van der Waals surface area contributed by atoms with Crippen LogP contribution in [-0.2, 0) is 0 Å². The highest BCUT2D eigenvalue weighted by Gasteiger charge is 2.03. The van der Waals surface area contributed by atoms with Crippen LogP contribution < -0.4 is 14.2 Å². The van der Waals surface area contributed by atoms with Crippen LogP contribution in [0.1, 0.15) is 19.8 Å². The van der Waals surface area contributed by atoms with Crippen molar-refractivity contribution < 1.29 is 14.2 Å². The third kappa shape index (κ3) is 5.60. The van der Waals surface area contributed by atoms with E-state index in [-0.39, 0.29) is 0 Å². The Morgan fingerprint density at radius 2 is 1.50 bits per heavy atom. The number of unbranched alkanes of at least 4 members (excludes halogenated alkanes) is 1. The van der Waals surface area contributed by atoms with Crippen LogP contribution in [0.3, 0.4) is 0 Å². The van der Waals surface area contributed by atoms with Gasteiger partial charge in [-0.15, -0.1) is 0 Å². The van der Waals surface area contributed by atoms with Gasteiger partial charge >= 0.3 is 0 Å². The molecule has 2 aromatic rings. The van der Waals surface area contributed by atoms with Crippen molar-refractivity contribution in [1.82, 2.24) is 0 Å². The molecule has 118 valence electrons. The molecule has 0 heterocycles. The lowest BCUT2D eigenvalue weighted by Crippen LogP contribution is -2.03. The number of para-hydroxylation sites is 2. The Bertz CT molecular complexity index is 572. The summed E-state index contributed by atoms with van der Waals surface area (Å²) in [4.78, 5) is 0. The van der Waals surface area contributed by atoms with E-state index in [0.29, 0.717) is 19.8 Å². The minimum atomic E-state index is 0.640. The Labute approximate surface area is 140 Å². The molecule has 2 aromatic carbocycles. The number of halogens is 1. The van der Waals surface area contributed by atoms with E-state index in [1.165, 1.54) is 0 Å². The molecule has 2 rings (SSSR count). The highest BCUT2D eigenvalue weighted by molar-refractivity contribution is 9.10. The summed E-state index contributed by atoms with van der Waals surface area (Å²) in [5, 5.41) is 0. The maximum atomic E-state index is 5.77. The van der Waals surface area contributed by atoms with Gasteiger partial charge in [0.05, 0.1) is 19.8 Å². The highest BCUT2D eigenvalue weighted by atomic mass is 79.9. The normalized spacial score (nSPS) is 10.3. The van der Waals surface area contributed by atoms with Crippen LogP contribution in [0.25, 0.3) is 0 Å². The average Bonchev–Trinajstić information content (AvgIpc) is 2.52. The lowest BCUT2D eigenvalue weighted by Gasteiger charge is -2.11. The smallest absolute Gasteiger partial charge is 0.161 e. The number of ether oxygens (including phenoxy) is 3. The van der Waals surface area contributed by atoms with E-state index < -0.39 is 0 Å². The van der Waals surface area contributed by atoms with E-state index in [1.807, 2.05) is 55.5 Å². The Morgan fingerprint density at radius 1 is 0.818 bits per heavy atom. The average molecular weight is 365 g/mol. The first kappa shape index (κ1) is 16.7. The Balaban J connectivity index is 1.65. The van der Waals surface area contributed by atoms with Gasteiger partial charge in [-0.2, -0.15) is 0 Å². The maximum absolute atomic E-state index is 5.77. The van der Waals surface area contributed by atoms with Gasteiger partial charge in [0, 0.05) is 4.47 Å². The summed E-state index contributed by atoms with van der Waals surface area (Å²) in [6.45, 7) is 3.95. The third-order valence-corrected chi connectivity index (χ3v) is 3.50. The minimum absolute atomic E-state index is 0.640. The zero-order valence-corrected chi connectivity index (χ0v) is 14.3. The van der Waals surface area contributed by atoms with Gasteiger partial charge in [0.2, 0.25) is 0 Å². The van der Waals surface area contributed by atoms with Gasteiger partial charge in [-0.1, -0.05) is 34.1 Å². The van der Waals surface area contributed by atoms with Gasteiger partial charge < -0.3 is 14.2 Å². The van der Waals surface area contributed by atoms with Crippen LogP contribution in [0.15, 0.2) is 53.0 Å². The molecule has 0 N–H and O–H groups in total. The number of hydrogen-bond acceptors (Lipinski definition) is 3. The number of benzene rings is 2. The van der Waals surface area contributed by atoms with Crippen LogP contribution in [-0.4, -0.2) is 19.8 Å². The molecule has 0 atom stereocenters. The van der Waals surface area contributed by atoms with E-state index in [4.69, 9.17) is 14.2 Å². The van der Waals surface area contributed by atoms with Crippen molar-refractivity contribution in [2.24, 2.45) is 0 Å². The standard InChI is InChI=1S/C18H21BrO3/c1-2-20-17-10-3-4-11-18(17)22-13-6-5-12-21-16-9-7-8-15(19)14-16/h3-4,7-11,14H,2,5-6,12-13H2,1H3. The van der Waals surface area contributed by atoms with Crippen molar-refractivity contribution in [2.75, 3.05) is 19.8 Å². The summed E-state index contributed by atoms with van der Waals surface area (Å²) in [6.07, 6.45) is 1.89. The molecule has 0 unspecified atom stereocenters. The summed E-state index contributed by atoms with van der Waals surface area (Å²) < 4.78 is 18.0. The Kier molecular flexibility index (Phi) is 7.10. The molecule has 0 amide bonds. The van der Waals surface area contributed by atoms with Crippen LogP contribution in [0.4, 0.5) is 0 Å². The fraction of sp³-hybridized carbons (Fsp3) is 0.333. The van der Waals surface area contributed by atoms with Gasteiger partial charge in [0.1, 0.15) is 5.75 Å². The first-order valence-corrected chi connectivity index (χ1v) is 8.32. The Morgan fingerprint density at radius 3 is 2.18 bits per heavy atom. The molecule has 0 aliphatic heterocycles. The van der Waals surface area contributed by atoms with E-state index in [2.05, 4.69) is 15.9 Å². The van der Waals surface area contributed by atoms with Crippen molar-refractivity contribution in [2.45, 2.75) is 19.8 Å². The summed E-state index contributed by atoms with van der Waals surface area (Å²) in [7, 11) is 0. The second-order valence-corrected chi connectivity index (χ2v) is 5.66. The predicted octanol–water partition coefficient (Wildman–Crippen LogP) is 5.09. The molecule has 0 aliphatic carbocycles. The topological polar surface area (TPSA) is 27.7 Å². The zero-order chi connectivity index (χ0) is 15.6. The molecule has 0 saturated heterocycles. The zero-order valence-electron chi connectivity index (χ0n) is 12.8. The quantitative estimate of drug-likeness (QED) is 0.580. The molecule has 0 aromatic heterocycles. The van der Waals surface area contributed by atoms with E-state index in [0.717, 1.165) is 34.6 Å². The number of rotatable bonds is 9.